The molecule has 0 radical (unpaired) electrons. The number of fused-ring (bicyclic) bond motifs is 3. The summed E-state index contributed by atoms with van der Waals surface area (Å²) >= 11 is 0. The molecule has 2 aliphatic rings. The van der Waals surface area contributed by atoms with Crippen molar-refractivity contribution in [2.75, 3.05) is 18.0 Å². The van der Waals surface area contributed by atoms with Crippen LogP contribution in [-0.2, 0) is 13.6 Å². The fourth-order valence-corrected chi connectivity index (χ4v) is 3.55. The summed E-state index contributed by atoms with van der Waals surface area (Å²) in [6.07, 6.45) is 5.32. The van der Waals surface area contributed by atoms with Crippen LogP contribution in [0.4, 0.5) is 5.69 Å². The Morgan fingerprint density at radius 1 is 1.33 bits per heavy atom. The summed E-state index contributed by atoms with van der Waals surface area (Å²) in [7, 11) is 1.62. The molecule has 0 saturated carbocycles. The summed E-state index contributed by atoms with van der Waals surface area (Å²) in [6, 6.07) is 5.61. The zero-order valence-electron chi connectivity index (χ0n) is 13.6. The van der Waals surface area contributed by atoms with Gasteiger partial charge in [0.25, 0.3) is 11.5 Å². The number of rotatable bonds is 1. The Bertz CT molecular complexity index is 847. The van der Waals surface area contributed by atoms with Crippen LogP contribution in [0.15, 0.2) is 35.5 Å². The maximum atomic E-state index is 12.9. The van der Waals surface area contributed by atoms with Crippen molar-refractivity contribution in [3.8, 4) is 0 Å². The molecule has 7 nitrogen and oxygen atoms in total. The molecular weight excluding hydrogens is 306 g/mol. The van der Waals surface area contributed by atoms with Crippen molar-refractivity contribution < 1.29 is 4.79 Å². The van der Waals surface area contributed by atoms with Gasteiger partial charge in [-0.3, -0.25) is 14.6 Å². The summed E-state index contributed by atoms with van der Waals surface area (Å²) in [5, 5.41) is 0. The van der Waals surface area contributed by atoms with E-state index in [0.29, 0.717) is 19.1 Å². The highest BCUT2D eigenvalue weighted by Gasteiger charge is 2.34. The normalized spacial score (nSPS) is 19.6. The molecule has 0 aromatic carbocycles. The van der Waals surface area contributed by atoms with Gasteiger partial charge in [0.05, 0.1) is 24.3 Å². The van der Waals surface area contributed by atoms with Crippen molar-refractivity contribution in [3.63, 3.8) is 0 Å². The lowest BCUT2D eigenvalue weighted by Crippen LogP contribution is -2.40. The second kappa shape index (κ2) is 5.74. The van der Waals surface area contributed by atoms with Gasteiger partial charge in [-0.1, -0.05) is 0 Å². The lowest BCUT2D eigenvalue weighted by atomic mass is 10.2. The third kappa shape index (κ3) is 2.46. The van der Waals surface area contributed by atoms with Crippen LogP contribution >= 0.6 is 0 Å². The molecule has 1 amide bonds. The highest BCUT2D eigenvalue weighted by atomic mass is 16.2. The molecule has 1 saturated heterocycles. The molecule has 1 atom stereocenters. The Hall–Kier alpha value is -2.70. The van der Waals surface area contributed by atoms with Gasteiger partial charge in [-0.15, -0.1) is 0 Å². The highest BCUT2D eigenvalue weighted by Crippen LogP contribution is 2.32. The van der Waals surface area contributed by atoms with Gasteiger partial charge in [-0.2, -0.15) is 0 Å². The Labute approximate surface area is 139 Å². The third-order valence-electron chi connectivity index (χ3n) is 4.81. The molecule has 1 fully saturated rings. The van der Waals surface area contributed by atoms with E-state index in [9.17, 15) is 9.59 Å². The minimum absolute atomic E-state index is 0.196. The van der Waals surface area contributed by atoms with E-state index in [1.54, 1.807) is 18.1 Å². The highest BCUT2D eigenvalue weighted by molar-refractivity contribution is 5.92. The number of pyridine rings is 1. The molecule has 0 aliphatic carbocycles. The number of anilines is 1. The van der Waals surface area contributed by atoms with Crippen LogP contribution in [0.2, 0.25) is 0 Å². The van der Waals surface area contributed by atoms with Gasteiger partial charge in [-0.25, -0.2) is 4.98 Å². The lowest BCUT2D eigenvalue weighted by molar-refractivity contribution is 0.0730. The van der Waals surface area contributed by atoms with Crippen LogP contribution in [0.5, 0.6) is 0 Å². The minimum Gasteiger partial charge on any atom is -0.365 e. The zero-order valence-corrected chi connectivity index (χ0v) is 13.6. The van der Waals surface area contributed by atoms with E-state index in [4.69, 9.17) is 0 Å². The van der Waals surface area contributed by atoms with Crippen molar-refractivity contribution in [2.45, 2.75) is 25.4 Å². The summed E-state index contributed by atoms with van der Waals surface area (Å²) in [4.78, 5) is 37.4. The smallest absolute Gasteiger partial charge is 0.273 e. The molecule has 0 N–H and O–H groups in total. The predicted molar refractivity (Wildman–Crippen MR) is 88.8 cm³/mol. The van der Waals surface area contributed by atoms with Crippen LogP contribution in [0.3, 0.4) is 0 Å². The van der Waals surface area contributed by atoms with Crippen molar-refractivity contribution in [1.29, 1.82) is 0 Å². The van der Waals surface area contributed by atoms with Gasteiger partial charge >= 0.3 is 0 Å². The number of hydrogen-bond donors (Lipinski definition) is 0. The summed E-state index contributed by atoms with van der Waals surface area (Å²) in [5.41, 5.74) is 1.98. The molecule has 2 aromatic heterocycles. The monoisotopic (exact) mass is 325 g/mol. The number of hydrogen-bond acceptors (Lipinski definition) is 5. The summed E-state index contributed by atoms with van der Waals surface area (Å²) in [6.45, 7) is 2.07. The number of carbonyl (C=O) groups excluding carboxylic acids is 1. The quantitative estimate of drug-likeness (QED) is 0.775. The first-order valence-electron chi connectivity index (χ1n) is 8.16. The average Bonchev–Trinajstić information content (AvgIpc) is 2.98. The Morgan fingerprint density at radius 2 is 2.21 bits per heavy atom. The molecule has 4 rings (SSSR count). The van der Waals surface area contributed by atoms with Crippen LogP contribution in [-0.4, -0.2) is 44.5 Å². The second-order valence-electron chi connectivity index (χ2n) is 6.37. The standard InChI is InChI=1S/C17H19N5O2/c1-20-11-19-13(8-16(20)23)17(24)21-9-12-4-3-7-22(12)15-5-2-6-18-14(15)10-21/h2,5-6,8,11-12H,3-4,7,9-10H2,1H3/t12-/m0/s1. The van der Waals surface area contributed by atoms with Crippen molar-refractivity contribution in [1.82, 2.24) is 19.4 Å². The van der Waals surface area contributed by atoms with Crippen LogP contribution in [0.1, 0.15) is 29.0 Å². The third-order valence-corrected chi connectivity index (χ3v) is 4.81. The van der Waals surface area contributed by atoms with Crippen LogP contribution < -0.4 is 10.5 Å². The molecular formula is C17H19N5O2. The first-order valence-corrected chi connectivity index (χ1v) is 8.16. The summed E-state index contributed by atoms with van der Waals surface area (Å²) < 4.78 is 1.36. The fourth-order valence-electron chi connectivity index (χ4n) is 3.55. The second-order valence-corrected chi connectivity index (χ2v) is 6.37. The van der Waals surface area contributed by atoms with E-state index in [1.807, 2.05) is 6.07 Å². The topological polar surface area (TPSA) is 71.3 Å². The molecule has 124 valence electrons. The van der Waals surface area contributed by atoms with E-state index in [-0.39, 0.29) is 17.2 Å². The summed E-state index contributed by atoms with van der Waals surface area (Å²) in [5.74, 6) is -0.210. The Kier molecular flexibility index (Phi) is 3.55. The number of nitrogens with zero attached hydrogens (tertiary/aromatic N) is 5. The van der Waals surface area contributed by atoms with Crippen LogP contribution in [0, 0.1) is 0 Å². The molecule has 0 unspecified atom stereocenters. The zero-order chi connectivity index (χ0) is 16.7. The SMILES string of the molecule is Cn1cnc(C(=O)N2Cc3ncccc3N3CCC[C@H]3C2)cc1=O. The maximum Gasteiger partial charge on any atom is 0.273 e. The minimum atomic E-state index is -0.232. The lowest BCUT2D eigenvalue weighted by Gasteiger charge is -2.27. The Morgan fingerprint density at radius 3 is 3.04 bits per heavy atom. The fraction of sp³-hybridized carbons (Fsp3) is 0.412. The van der Waals surface area contributed by atoms with Crippen molar-refractivity contribution in [3.05, 3.63) is 52.5 Å². The predicted octanol–water partition coefficient (Wildman–Crippen LogP) is 0.800. The molecule has 4 heterocycles. The number of carbonyl (C=O) groups is 1. The number of aryl methyl sites for hydroxylation is 1. The molecule has 7 heteroatoms. The van der Waals surface area contributed by atoms with E-state index in [0.717, 1.165) is 30.8 Å². The van der Waals surface area contributed by atoms with Gasteiger partial charge in [0.1, 0.15) is 5.69 Å². The van der Waals surface area contributed by atoms with E-state index < -0.39 is 0 Å². The van der Waals surface area contributed by atoms with Crippen LogP contribution in [0.25, 0.3) is 0 Å². The maximum absolute atomic E-state index is 12.9. The molecule has 24 heavy (non-hydrogen) atoms. The molecule has 0 spiro atoms. The number of aromatic nitrogens is 3. The van der Waals surface area contributed by atoms with Gasteiger partial charge < -0.3 is 14.4 Å². The largest absolute Gasteiger partial charge is 0.365 e. The molecule has 0 bridgehead atoms. The Balaban J connectivity index is 1.70. The average molecular weight is 325 g/mol. The molecule has 2 aromatic rings. The van der Waals surface area contributed by atoms with Gasteiger partial charge in [0.15, 0.2) is 0 Å². The van der Waals surface area contributed by atoms with Gasteiger partial charge in [0.2, 0.25) is 0 Å². The van der Waals surface area contributed by atoms with Crippen molar-refractivity contribution >= 4 is 11.6 Å². The first-order chi connectivity index (χ1) is 11.6. The number of amides is 1. The van der Waals surface area contributed by atoms with E-state index in [2.05, 4.69) is 20.9 Å². The van der Waals surface area contributed by atoms with Gasteiger partial charge in [-0.05, 0) is 25.0 Å². The molecule has 2 aliphatic heterocycles. The van der Waals surface area contributed by atoms with E-state index in [1.165, 1.54) is 17.0 Å². The van der Waals surface area contributed by atoms with Crippen molar-refractivity contribution in [2.24, 2.45) is 7.05 Å². The van der Waals surface area contributed by atoms with Gasteiger partial charge in [0, 0.05) is 38.4 Å². The van der Waals surface area contributed by atoms with E-state index >= 15 is 0 Å². The first kappa shape index (κ1) is 14.9.